The third-order valence-corrected chi connectivity index (χ3v) is 6.43. The number of ketones is 1. The molecule has 5 unspecified atom stereocenters. The number of carbonyl (C=O) groups is 1. The Morgan fingerprint density at radius 2 is 1.68 bits per heavy atom. The summed E-state index contributed by atoms with van der Waals surface area (Å²) in [6.45, 7) is -0.665. The molecular weight excluding hydrogens is 492 g/mol. The van der Waals surface area contributed by atoms with Crippen molar-refractivity contribution < 1.29 is 59.1 Å². The highest BCUT2D eigenvalue weighted by atomic mass is 16.7. The van der Waals surface area contributed by atoms with Crippen LogP contribution in [-0.4, -0.2) is 95.1 Å². The van der Waals surface area contributed by atoms with E-state index >= 15 is 0 Å². The lowest BCUT2D eigenvalue weighted by Gasteiger charge is -2.39. The molecule has 0 aromatic heterocycles. The van der Waals surface area contributed by atoms with E-state index in [-0.39, 0.29) is 46.3 Å². The van der Waals surface area contributed by atoms with E-state index in [0.29, 0.717) is 11.1 Å². The standard InChI is InChI=1S/C25H28O12/c1-33-15-5-4-10(6-14(15)27)11-7-12-13(18(28)23(11)34-2)8-16(24(35-3)19(12)29)36-25-22(32)21(31)20(30)17(9-26)37-25/h4-6,8,17,20-22,25-27,29-32H,7,9H2,1-3H3. The Morgan fingerprint density at radius 1 is 0.946 bits per heavy atom. The van der Waals surface area contributed by atoms with Crippen molar-refractivity contribution in [2.24, 2.45) is 0 Å². The molecule has 2 aromatic rings. The number of aromatic hydroxyl groups is 2. The molecule has 0 saturated carbocycles. The number of ether oxygens (including phenoxy) is 5. The van der Waals surface area contributed by atoms with E-state index in [1.54, 1.807) is 6.07 Å². The molecular formula is C25H28O12. The van der Waals surface area contributed by atoms with Crippen LogP contribution in [-0.2, 0) is 15.9 Å². The number of aliphatic hydroxyl groups excluding tert-OH is 4. The van der Waals surface area contributed by atoms with E-state index in [1.807, 2.05) is 0 Å². The minimum atomic E-state index is -1.72. The van der Waals surface area contributed by atoms with Gasteiger partial charge in [0.05, 0.1) is 27.9 Å². The van der Waals surface area contributed by atoms with Gasteiger partial charge in [-0.15, -0.1) is 0 Å². The minimum Gasteiger partial charge on any atom is -0.504 e. The number of fused-ring (bicyclic) bond motifs is 1. The fourth-order valence-corrected chi connectivity index (χ4v) is 4.46. The predicted molar refractivity (Wildman–Crippen MR) is 126 cm³/mol. The van der Waals surface area contributed by atoms with Gasteiger partial charge in [0.1, 0.15) is 24.4 Å². The van der Waals surface area contributed by atoms with Crippen molar-refractivity contribution in [2.75, 3.05) is 27.9 Å². The average Bonchev–Trinajstić information content (AvgIpc) is 2.89. The molecule has 2 aliphatic rings. The Hall–Kier alpha value is -3.55. The first-order chi connectivity index (χ1) is 17.7. The fraction of sp³-hybridized carbons (Fsp3) is 0.400. The number of carbonyl (C=O) groups excluding carboxylic acids is 1. The van der Waals surface area contributed by atoms with Gasteiger partial charge < -0.3 is 54.3 Å². The molecule has 0 radical (unpaired) electrons. The van der Waals surface area contributed by atoms with Crippen molar-refractivity contribution in [3.05, 3.63) is 46.7 Å². The lowest BCUT2D eigenvalue weighted by Crippen LogP contribution is -2.60. The second-order valence-corrected chi connectivity index (χ2v) is 8.50. The van der Waals surface area contributed by atoms with Gasteiger partial charge in [0, 0.05) is 23.1 Å². The molecule has 1 heterocycles. The summed E-state index contributed by atoms with van der Waals surface area (Å²) in [5.74, 6) is -1.32. The molecule has 37 heavy (non-hydrogen) atoms. The van der Waals surface area contributed by atoms with Crippen LogP contribution in [0.3, 0.4) is 0 Å². The molecule has 4 rings (SSSR count). The topological polar surface area (TPSA) is 185 Å². The minimum absolute atomic E-state index is 0.0243. The molecule has 0 amide bonds. The van der Waals surface area contributed by atoms with Crippen molar-refractivity contribution in [3.63, 3.8) is 0 Å². The third kappa shape index (κ3) is 4.54. The summed E-state index contributed by atoms with van der Waals surface area (Å²) in [5, 5.41) is 61.1. The highest BCUT2D eigenvalue weighted by Gasteiger charge is 2.45. The zero-order valence-corrected chi connectivity index (χ0v) is 20.2. The van der Waals surface area contributed by atoms with Crippen LogP contribution in [0.5, 0.6) is 28.7 Å². The average molecular weight is 520 g/mol. The van der Waals surface area contributed by atoms with E-state index in [9.17, 15) is 35.4 Å². The number of benzene rings is 2. The first-order valence-corrected chi connectivity index (χ1v) is 11.3. The molecule has 1 saturated heterocycles. The molecule has 2 aromatic carbocycles. The molecule has 12 nitrogen and oxygen atoms in total. The van der Waals surface area contributed by atoms with Crippen molar-refractivity contribution in [1.29, 1.82) is 0 Å². The summed E-state index contributed by atoms with van der Waals surface area (Å²) in [4.78, 5) is 13.4. The first kappa shape index (κ1) is 26.5. The number of allylic oxidation sites excluding steroid dienone is 2. The van der Waals surface area contributed by atoms with E-state index < -0.39 is 48.8 Å². The van der Waals surface area contributed by atoms with Gasteiger partial charge >= 0.3 is 0 Å². The van der Waals surface area contributed by atoms with E-state index in [4.69, 9.17) is 23.7 Å². The fourth-order valence-electron chi connectivity index (χ4n) is 4.46. The summed E-state index contributed by atoms with van der Waals surface area (Å²) < 4.78 is 26.8. The van der Waals surface area contributed by atoms with Crippen molar-refractivity contribution in [3.8, 4) is 28.7 Å². The number of methoxy groups -OCH3 is 3. The van der Waals surface area contributed by atoms with E-state index in [0.717, 1.165) is 0 Å². The zero-order chi connectivity index (χ0) is 27.0. The molecule has 200 valence electrons. The zero-order valence-electron chi connectivity index (χ0n) is 20.2. The summed E-state index contributed by atoms with van der Waals surface area (Å²) >= 11 is 0. The van der Waals surface area contributed by atoms with Gasteiger partial charge in [-0.1, -0.05) is 6.07 Å². The number of phenolic OH excluding ortho intramolecular Hbond substituents is 2. The normalized spacial score (nSPS) is 25.5. The lowest BCUT2D eigenvalue weighted by atomic mass is 9.85. The third-order valence-electron chi connectivity index (χ3n) is 6.43. The van der Waals surface area contributed by atoms with Crippen molar-refractivity contribution in [1.82, 2.24) is 0 Å². The summed E-state index contributed by atoms with van der Waals surface area (Å²) in [7, 11) is 3.98. The molecule has 1 aliphatic heterocycles. The maximum absolute atomic E-state index is 13.4. The number of hydrogen-bond acceptors (Lipinski definition) is 12. The van der Waals surface area contributed by atoms with Gasteiger partial charge in [0.25, 0.3) is 0 Å². The summed E-state index contributed by atoms with van der Waals surface area (Å²) in [5.41, 5.74) is 1.09. The van der Waals surface area contributed by atoms with Crippen molar-refractivity contribution in [2.45, 2.75) is 37.1 Å². The van der Waals surface area contributed by atoms with Gasteiger partial charge in [-0.25, -0.2) is 0 Å². The van der Waals surface area contributed by atoms with Crippen LogP contribution in [0.1, 0.15) is 21.5 Å². The second-order valence-electron chi connectivity index (χ2n) is 8.50. The first-order valence-electron chi connectivity index (χ1n) is 11.3. The molecule has 0 spiro atoms. The largest absolute Gasteiger partial charge is 0.504 e. The Balaban J connectivity index is 1.75. The molecule has 1 aliphatic carbocycles. The van der Waals surface area contributed by atoms with Gasteiger partial charge in [0.15, 0.2) is 28.8 Å². The molecule has 6 N–H and O–H groups in total. The molecule has 5 atom stereocenters. The second kappa shape index (κ2) is 10.4. The van der Waals surface area contributed by atoms with E-state index in [1.165, 1.54) is 39.5 Å². The highest BCUT2D eigenvalue weighted by Crippen LogP contribution is 2.47. The predicted octanol–water partition coefficient (Wildman–Crippen LogP) is 0.0902. The Morgan fingerprint density at radius 3 is 2.27 bits per heavy atom. The summed E-state index contributed by atoms with van der Waals surface area (Å²) in [6.07, 6.45) is -7.78. The monoisotopic (exact) mass is 520 g/mol. The Bertz CT molecular complexity index is 1220. The quantitative estimate of drug-likeness (QED) is 0.290. The van der Waals surface area contributed by atoms with Crippen LogP contribution in [0.15, 0.2) is 30.0 Å². The van der Waals surface area contributed by atoms with Crippen LogP contribution >= 0.6 is 0 Å². The number of hydrogen-bond donors (Lipinski definition) is 6. The Labute approximate surface area is 211 Å². The maximum atomic E-state index is 13.4. The van der Waals surface area contributed by atoms with Gasteiger partial charge in [-0.2, -0.15) is 0 Å². The highest BCUT2D eigenvalue weighted by molar-refractivity contribution is 6.15. The molecule has 0 bridgehead atoms. The van der Waals surface area contributed by atoms with E-state index in [2.05, 4.69) is 0 Å². The number of rotatable bonds is 7. The number of Topliss-reactive ketones (excluding diaryl/α,β-unsaturated/α-hetero) is 1. The van der Waals surface area contributed by atoms with Gasteiger partial charge in [0.2, 0.25) is 17.8 Å². The molecule has 1 fully saturated rings. The SMILES string of the molecule is COC1=C(c2ccc(OC)c(O)c2)Cc2c(cc(OC3OC(CO)C(O)C(O)C3O)c(OC)c2O)C1=O. The van der Waals surface area contributed by atoms with Crippen LogP contribution in [0.4, 0.5) is 0 Å². The number of aliphatic hydroxyl groups is 4. The van der Waals surface area contributed by atoms with Crippen LogP contribution in [0.25, 0.3) is 5.57 Å². The Kier molecular flexibility index (Phi) is 7.48. The van der Waals surface area contributed by atoms with Gasteiger partial charge in [-0.05, 0) is 23.8 Å². The number of phenols is 2. The van der Waals surface area contributed by atoms with Crippen LogP contribution < -0.4 is 14.2 Å². The van der Waals surface area contributed by atoms with Crippen LogP contribution in [0.2, 0.25) is 0 Å². The molecule has 12 heteroatoms. The van der Waals surface area contributed by atoms with Crippen LogP contribution in [0, 0.1) is 0 Å². The van der Waals surface area contributed by atoms with Crippen molar-refractivity contribution >= 4 is 11.4 Å². The summed E-state index contributed by atoms with van der Waals surface area (Å²) in [6, 6.07) is 5.86. The van der Waals surface area contributed by atoms with Gasteiger partial charge in [-0.3, -0.25) is 4.79 Å². The lowest BCUT2D eigenvalue weighted by molar-refractivity contribution is -0.277. The maximum Gasteiger partial charge on any atom is 0.229 e. The smallest absolute Gasteiger partial charge is 0.229 e.